The first-order chi connectivity index (χ1) is 14.8. The number of aromatic amines is 1. The molecule has 0 saturated heterocycles. The van der Waals surface area contributed by atoms with Crippen molar-refractivity contribution in [3.63, 3.8) is 0 Å². The number of hydrogen-bond donors (Lipinski definition) is 2. The van der Waals surface area contributed by atoms with E-state index in [1.807, 2.05) is 50.2 Å². The molecule has 0 radical (unpaired) electrons. The zero-order valence-electron chi connectivity index (χ0n) is 17.3. The van der Waals surface area contributed by atoms with E-state index in [9.17, 15) is 9.59 Å². The normalized spacial score (nSPS) is 11.5. The van der Waals surface area contributed by atoms with Gasteiger partial charge >= 0.3 is 5.69 Å². The van der Waals surface area contributed by atoms with Crippen LogP contribution in [0.3, 0.4) is 0 Å². The van der Waals surface area contributed by atoms with Gasteiger partial charge in [-0.2, -0.15) is 10.1 Å². The minimum absolute atomic E-state index is 0.292. The number of aryl methyl sites for hydroxylation is 3. The maximum Gasteiger partial charge on any atom is 0.329 e. The van der Waals surface area contributed by atoms with E-state index < -0.39 is 11.2 Å². The van der Waals surface area contributed by atoms with Crippen LogP contribution in [0.1, 0.15) is 22.3 Å². The summed E-state index contributed by atoms with van der Waals surface area (Å²) >= 11 is 3.41. The number of H-pyrrole nitrogens is 1. The predicted octanol–water partition coefficient (Wildman–Crippen LogP) is 3.30. The van der Waals surface area contributed by atoms with Crippen molar-refractivity contribution in [1.29, 1.82) is 0 Å². The van der Waals surface area contributed by atoms with Crippen LogP contribution in [0.15, 0.2) is 61.6 Å². The standard InChI is InChI=1S/C22H21BrN6O2/c1-13-4-5-14(2)16(10-13)12-29-18-19(28(3)22(31)26-20(18)30)25-21(29)27-24-11-15-6-8-17(23)9-7-15/h4-11H,12H2,1-3H3,(H,25,27)(H,26,30,31). The van der Waals surface area contributed by atoms with Crippen molar-refractivity contribution in [2.75, 3.05) is 5.43 Å². The number of imidazole rings is 1. The van der Waals surface area contributed by atoms with Crippen LogP contribution in [0.4, 0.5) is 5.95 Å². The van der Waals surface area contributed by atoms with Gasteiger partial charge in [0.05, 0.1) is 12.8 Å². The summed E-state index contributed by atoms with van der Waals surface area (Å²) in [6.45, 7) is 4.45. The fraction of sp³-hybridized carbons (Fsp3) is 0.182. The second-order valence-electron chi connectivity index (χ2n) is 7.36. The smallest absolute Gasteiger partial charge is 0.298 e. The molecule has 0 aliphatic rings. The quantitative estimate of drug-likeness (QED) is 0.338. The predicted molar refractivity (Wildman–Crippen MR) is 126 cm³/mol. The van der Waals surface area contributed by atoms with Crippen LogP contribution >= 0.6 is 15.9 Å². The van der Waals surface area contributed by atoms with Gasteiger partial charge in [0.15, 0.2) is 11.2 Å². The Kier molecular flexibility index (Phi) is 5.60. The molecule has 2 aromatic heterocycles. The molecule has 4 rings (SSSR count). The van der Waals surface area contributed by atoms with Gasteiger partial charge in [-0.15, -0.1) is 0 Å². The molecule has 0 fully saturated rings. The molecule has 31 heavy (non-hydrogen) atoms. The first kappa shape index (κ1) is 20.8. The summed E-state index contributed by atoms with van der Waals surface area (Å²) in [7, 11) is 1.57. The molecular formula is C22H21BrN6O2. The highest BCUT2D eigenvalue weighted by atomic mass is 79.9. The maximum absolute atomic E-state index is 12.7. The average molecular weight is 481 g/mol. The van der Waals surface area contributed by atoms with Crippen LogP contribution in [0.25, 0.3) is 11.2 Å². The van der Waals surface area contributed by atoms with Crippen molar-refractivity contribution >= 4 is 39.3 Å². The second-order valence-corrected chi connectivity index (χ2v) is 8.28. The van der Waals surface area contributed by atoms with Crippen molar-refractivity contribution in [2.45, 2.75) is 20.4 Å². The lowest BCUT2D eigenvalue weighted by molar-refractivity contribution is 0.804. The van der Waals surface area contributed by atoms with Crippen molar-refractivity contribution in [3.8, 4) is 0 Å². The van der Waals surface area contributed by atoms with Gasteiger partial charge in [0.2, 0.25) is 5.95 Å². The number of hydrazone groups is 1. The summed E-state index contributed by atoms with van der Waals surface area (Å²) in [4.78, 5) is 31.6. The van der Waals surface area contributed by atoms with Gasteiger partial charge in [0.25, 0.3) is 5.56 Å². The van der Waals surface area contributed by atoms with Crippen LogP contribution < -0.4 is 16.7 Å². The zero-order chi connectivity index (χ0) is 22.1. The Hall–Kier alpha value is -3.46. The molecule has 0 spiro atoms. The molecule has 0 aliphatic heterocycles. The molecule has 0 saturated carbocycles. The SMILES string of the molecule is Cc1ccc(C)c(Cn2c(NN=Cc3ccc(Br)cc3)nc3c2c(=O)[nH]c(=O)n3C)c1. The van der Waals surface area contributed by atoms with Gasteiger partial charge in [0, 0.05) is 11.5 Å². The summed E-state index contributed by atoms with van der Waals surface area (Å²) in [6, 6.07) is 13.8. The van der Waals surface area contributed by atoms with Gasteiger partial charge in [-0.1, -0.05) is 51.8 Å². The number of anilines is 1. The monoisotopic (exact) mass is 480 g/mol. The Bertz CT molecular complexity index is 1410. The molecule has 2 heterocycles. The van der Waals surface area contributed by atoms with Crippen molar-refractivity contribution in [2.24, 2.45) is 12.1 Å². The number of nitrogens with one attached hydrogen (secondary N) is 2. The maximum atomic E-state index is 12.7. The molecule has 2 aromatic carbocycles. The number of nitrogens with zero attached hydrogens (tertiary/aromatic N) is 4. The van der Waals surface area contributed by atoms with E-state index in [-0.39, 0.29) is 0 Å². The zero-order valence-corrected chi connectivity index (χ0v) is 18.9. The van der Waals surface area contributed by atoms with Crippen molar-refractivity contribution in [3.05, 3.63) is 90.0 Å². The molecule has 0 unspecified atom stereocenters. The fourth-order valence-corrected chi connectivity index (χ4v) is 3.59. The van der Waals surface area contributed by atoms with Gasteiger partial charge in [-0.05, 0) is 42.7 Å². The molecule has 4 aromatic rings. The summed E-state index contributed by atoms with van der Waals surface area (Å²) in [5, 5.41) is 4.29. The Morgan fingerprint density at radius 3 is 2.65 bits per heavy atom. The van der Waals surface area contributed by atoms with E-state index in [0.29, 0.717) is 23.7 Å². The van der Waals surface area contributed by atoms with Crippen LogP contribution in [0, 0.1) is 13.8 Å². The Labute approximate surface area is 186 Å². The van der Waals surface area contributed by atoms with E-state index in [1.54, 1.807) is 17.8 Å². The lowest BCUT2D eigenvalue weighted by Gasteiger charge is -2.11. The Balaban J connectivity index is 1.80. The highest BCUT2D eigenvalue weighted by Crippen LogP contribution is 2.20. The third-order valence-corrected chi connectivity index (χ3v) is 5.62. The topological polar surface area (TPSA) is 97.1 Å². The van der Waals surface area contributed by atoms with E-state index in [0.717, 1.165) is 26.7 Å². The molecule has 9 heteroatoms. The summed E-state index contributed by atoms with van der Waals surface area (Å²) in [5.74, 6) is 0.371. The number of fused-ring (bicyclic) bond motifs is 1. The number of aromatic nitrogens is 4. The molecule has 0 atom stereocenters. The fourth-order valence-electron chi connectivity index (χ4n) is 3.33. The van der Waals surface area contributed by atoms with E-state index in [2.05, 4.69) is 42.5 Å². The molecule has 158 valence electrons. The minimum Gasteiger partial charge on any atom is -0.298 e. The number of hydrogen-bond acceptors (Lipinski definition) is 5. The third-order valence-electron chi connectivity index (χ3n) is 5.09. The molecule has 0 aliphatic carbocycles. The lowest BCUT2D eigenvalue weighted by Crippen LogP contribution is -2.29. The summed E-state index contributed by atoms with van der Waals surface area (Å²) in [5.41, 5.74) is 6.70. The van der Waals surface area contributed by atoms with Crippen LogP contribution in [0.2, 0.25) is 0 Å². The number of rotatable bonds is 5. The summed E-state index contributed by atoms with van der Waals surface area (Å²) < 4.78 is 4.04. The van der Waals surface area contributed by atoms with Crippen molar-refractivity contribution in [1.82, 2.24) is 19.1 Å². The largest absolute Gasteiger partial charge is 0.329 e. The van der Waals surface area contributed by atoms with E-state index in [4.69, 9.17) is 0 Å². The first-order valence-corrected chi connectivity index (χ1v) is 10.4. The first-order valence-electron chi connectivity index (χ1n) is 9.64. The highest BCUT2D eigenvalue weighted by molar-refractivity contribution is 9.10. The van der Waals surface area contributed by atoms with E-state index >= 15 is 0 Å². The summed E-state index contributed by atoms with van der Waals surface area (Å²) in [6.07, 6.45) is 1.66. The molecular weight excluding hydrogens is 460 g/mol. The minimum atomic E-state index is -0.515. The Morgan fingerprint density at radius 1 is 1.16 bits per heavy atom. The number of benzene rings is 2. The van der Waals surface area contributed by atoms with E-state index in [1.165, 1.54) is 4.57 Å². The van der Waals surface area contributed by atoms with Crippen LogP contribution in [0.5, 0.6) is 0 Å². The van der Waals surface area contributed by atoms with Crippen molar-refractivity contribution < 1.29 is 0 Å². The van der Waals surface area contributed by atoms with Gasteiger partial charge in [0.1, 0.15) is 0 Å². The van der Waals surface area contributed by atoms with Crippen LogP contribution in [-0.4, -0.2) is 25.3 Å². The third kappa shape index (κ3) is 4.22. The average Bonchev–Trinajstić information content (AvgIpc) is 3.09. The van der Waals surface area contributed by atoms with Crippen LogP contribution in [-0.2, 0) is 13.6 Å². The molecule has 2 N–H and O–H groups in total. The van der Waals surface area contributed by atoms with Gasteiger partial charge < -0.3 is 0 Å². The van der Waals surface area contributed by atoms with Gasteiger partial charge in [-0.3, -0.25) is 18.9 Å². The Morgan fingerprint density at radius 2 is 1.90 bits per heavy atom. The molecule has 0 bridgehead atoms. The molecule has 0 amide bonds. The van der Waals surface area contributed by atoms with Gasteiger partial charge in [-0.25, -0.2) is 10.2 Å². The lowest BCUT2D eigenvalue weighted by atomic mass is 10.1. The highest BCUT2D eigenvalue weighted by Gasteiger charge is 2.18. The second kappa shape index (κ2) is 8.35. The number of halogens is 1. The molecule has 8 nitrogen and oxygen atoms in total.